The highest BCUT2D eigenvalue weighted by Crippen LogP contribution is 2.20. The second-order valence-electron chi connectivity index (χ2n) is 7.22. The van der Waals surface area contributed by atoms with Crippen molar-refractivity contribution in [3.63, 3.8) is 0 Å². The van der Waals surface area contributed by atoms with Crippen LogP contribution in [-0.2, 0) is 11.3 Å². The average molecular weight is 361 g/mol. The summed E-state index contributed by atoms with van der Waals surface area (Å²) in [5, 5.41) is 5.40. The molecule has 4 rings (SSSR count). The molecule has 27 heavy (non-hydrogen) atoms. The molecule has 1 heterocycles. The van der Waals surface area contributed by atoms with Gasteiger partial charge in [0.05, 0.1) is 19.1 Å². The van der Waals surface area contributed by atoms with Crippen LogP contribution < -0.4 is 15.0 Å². The van der Waals surface area contributed by atoms with Crippen molar-refractivity contribution in [2.45, 2.75) is 19.0 Å². The van der Waals surface area contributed by atoms with E-state index in [1.807, 2.05) is 42.5 Å². The normalized spacial score (nSPS) is 19.1. The van der Waals surface area contributed by atoms with E-state index in [0.717, 1.165) is 37.2 Å². The molecule has 0 radical (unpaired) electrons. The summed E-state index contributed by atoms with van der Waals surface area (Å²) in [6, 6.07) is 24.8. The van der Waals surface area contributed by atoms with E-state index in [4.69, 9.17) is 4.74 Å². The highest BCUT2D eigenvalue weighted by molar-refractivity contribution is 5.84. The van der Waals surface area contributed by atoms with Crippen molar-refractivity contribution in [2.75, 3.05) is 19.7 Å². The molecule has 1 amide bonds. The zero-order valence-corrected chi connectivity index (χ0v) is 15.4. The molecule has 1 unspecified atom stereocenters. The molecule has 0 aliphatic carbocycles. The lowest BCUT2D eigenvalue weighted by atomic mass is 10.1. The number of amides is 1. The fourth-order valence-corrected chi connectivity index (χ4v) is 3.77. The van der Waals surface area contributed by atoms with Gasteiger partial charge in [0.25, 0.3) is 5.91 Å². The van der Waals surface area contributed by atoms with E-state index in [2.05, 4.69) is 35.6 Å². The van der Waals surface area contributed by atoms with Gasteiger partial charge in [-0.2, -0.15) is 0 Å². The van der Waals surface area contributed by atoms with Gasteiger partial charge in [0.2, 0.25) is 0 Å². The molecule has 3 aromatic rings. The third kappa shape index (κ3) is 4.66. The molecule has 2 atom stereocenters. The van der Waals surface area contributed by atoms with Gasteiger partial charge in [-0.15, -0.1) is 0 Å². The summed E-state index contributed by atoms with van der Waals surface area (Å²) in [5.74, 6) is 0.681. The van der Waals surface area contributed by atoms with E-state index in [1.165, 1.54) is 15.8 Å². The minimum atomic E-state index is -0.0471. The van der Waals surface area contributed by atoms with Crippen molar-refractivity contribution in [2.24, 2.45) is 0 Å². The van der Waals surface area contributed by atoms with Gasteiger partial charge in [0.15, 0.2) is 6.61 Å². The Bertz CT molecular complexity index is 910. The molecule has 4 nitrogen and oxygen atoms in total. The fourth-order valence-electron chi connectivity index (χ4n) is 3.77. The largest absolute Gasteiger partial charge is 0.484 e. The Morgan fingerprint density at radius 3 is 2.63 bits per heavy atom. The van der Waals surface area contributed by atoms with Crippen LogP contribution in [0.5, 0.6) is 5.75 Å². The molecule has 1 fully saturated rings. The topological polar surface area (TPSA) is 42.8 Å². The molecule has 1 aliphatic rings. The van der Waals surface area contributed by atoms with Gasteiger partial charge in [0, 0.05) is 12.0 Å². The molecule has 0 aromatic heterocycles. The molecular formula is C23H25N2O2+. The second-order valence-corrected chi connectivity index (χ2v) is 7.22. The minimum Gasteiger partial charge on any atom is -0.484 e. The van der Waals surface area contributed by atoms with Crippen molar-refractivity contribution < 1.29 is 14.4 Å². The Morgan fingerprint density at radius 2 is 1.78 bits per heavy atom. The first-order valence-electron chi connectivity index (χ1n) is 9.55. The van der Waals surface area contributed by atoms with Crippen LogP contribution >= 0.6 is 0 Å². The fraction of sp³-hybridized carbons (Fsp3) is 0.261. The van der Waals surface area contributed by atoms with E-state index in [1.54, 1.807) is 0 Å². The summed E-state index contributed by atoms with van der Waals surface area (Å²) in [4.78, 5) is 13.8. The number of rotatable bonds is 6. The van der Waals surface area contributed by atoms with Crippen LogP contribution in [0.15, 0.2) is 72.8 Å². The van der Waals surface area contributed by atoms with Crippen molar-refractivity contribution in [1.29, 1.82) is 0 Å². The minimum absolute atomic E-state index is 0.0471. The maximum absolute atomic E-state index is 12.3. The second kappa shape index (κ2) is 8.23. The third-order valence-corrected chi connectivity index (χ3v) is 5.13. The van der Waals surface area contributed by atoms with Crippen molar-refractivity contribution in [1.82, 2.24) is 5.32 Å². The van der Waals surface area contributed by atoms with Crippen LogP contribution in [0.2, 0.25) is 0 Å². The van der Waals surface area contributed by atoms with Gasteiger partial charge in [-0.05, 0) is 22.9 Å². The lowest BCUT2D eigenvalue weighted by Gasteiger charge is -2.14. The highest BCUT2D eigenvalue weighted by Gasteiger charge is 2.27. The maximum atomic E-state index is 12.3. The summed E-state index contributed by atoms with van der Waals surface area (Å²) >= 11 is 0. The Labute approximate surface area is 159 Å². The number of nitrogens with one attached hydrogen (secondary N) is 2. The number of hydrogen-bond donors (Lipinski definition) is 2. The van der Waals surface area contributed by atoms with E-state index in [-0.39, 0.29) is 18.6 Å². The van der Waals surface area contributed by atoms with Crippen molar-refractivity contribution >= 4 is 16.7 Å². The molecule has 2 N–H and O–H groups in total. The predicted octanol–water partition coefficient (Wildman–Crippen LogP) is 2.19. The van der Waals surface area contributed by atoms with Gasteiger partial charge >= 0.3 is 0 Å². The van der Waals surface area contributed by atoms with E-state index < -0.39 is 0 Å². The molecule has 0 spiro atoms. The first-order chi connectivity index (χ1) is 13.3. The molecule has 4 heteroatoms. The number of fused-ring (bicyclic) bond motifs is 1. The lowest BCUT2D eigenvalue weighted by Crippen LogP contribution is -3.09. The quantitative estimate of drug-likeness (QED) is 0.707. The van der Waals surface area contributed by atoms with E-state index in [9.17, 15) is 4.79 Å². The van der Waals surface area contributed by atoms with Crippen LogP contribution in [0.3, 0.4) is 0 Å². The zero-order chi connectivity index (χ0) is 18.5. The average Bonchev–Trinajstić information content (AvgIpc) is 3.13. The molecule has 138 valence electrons. The van der Waals surface area contributed by atoms with E-state index in [0.29, 0.717) is 0 Å². The number of carbonyl (C=O) groups excluding carboxylic acids is 1. The number of hydrogen-bond acceptors (Lipinski definition) is 2. The maximum Gasteiger partial charge on any atom is 0.258 e. The smallest absolute Gasteiger partial charge is 0.258 e. The lowest BCUT2D eigenvalue weighted by molar-refractivity contribution is -0.901. The molecule has 0 bridgehead atoms. The molecule has 0 saturated carbocycles. The zero-order valence-electron chi connectivity index (χ0n) is 15.4. The van der Waals surface area contributed by atoms with Gasteiger partial charge in [0.1, 0.15) is 12.3 Å². The summed E-state index contributed by atoms with van der Waals surface area (Å²) in [5.41, 5.74) is 1.35. The monoisotopic (exact) mass is 361 g/mol. The summed E-state index contributed by atoms with van der Waals surface area (Å²) < 4.78 is 5.69. The van der Waals surface area contributed by atoms with Crippen LogP contribution in [0.1, 0.15) is 12.0 Å². The number of benzene rings is 3. The summed E-state index contributed by atoms with van der Waals surface area (Å²) in [6.45, 7) is 3.13. The number of likely N-dealkylation sites (tertiary alicyclic amines) is 1. The van der Waals surface area contributed by atoms with Gasteiger partial charge in [-0.1, -0.05) is 60.7 Å². The Kier molecular flexibility index (Phi) is 5.35. The summed E-state index contributed by atoms with van der Waals surface area (Å²) in [7, 11) is 0. The van der Waals surface area contributed by atoms with Gasteiger partial charge in [-0.25, -0.2) is 0 Å². The summed E-state index contributed by atoms with van der Waals surface area (Å²) in [6.07, 6.45) is 1.02. The van der Waals surface area contributed by atoms with Gasteiger partial charge in [-0.3, -0.25) is 4.79 Å². The predicted molar refractivity (Wildman–Crippen MR) is 107 cm³/mol. The van der Waals surface area contributed by atoms with Crippen LogP contribution in [0, 0.1) is 0 Å². The Balaban J connectivity index is 1.24. The van der Waals surface area contributed by atoms with Crippen molar-refractivity contribution in [3.8, 4) is 5.75 Å². The number of carbonyl (C=O) groups is 1. The molecule has 1 saturated heterocycles. The SMILES string of the molecule is O=C(COc1ccc2ccccc2c1)N[C@H]1CC[NH+](Cc2ccccc2)C1. The van der Waals surface area contributed by atoms with E-state index >= 15 is 0 Å². The molecule has 1 aliphatic heterocycles. The van der Waals surface area contributed by atoms with Crippen LogP contribution in [0.25, 0.3) is 10.8 Å². The standard InChI is InChI=1S/C23H24N2O2/c26-23(17-27-22-11-10-19-8-4-5-9-20(19)14-22)24-21-12-13-25(16-21)15-18-6-2-1-3-7-18/h1-11,14,21H,12-13,15-17H2,(H,24,26)/p+1/t21-/m0/s1. The Morgan fingerprint density at radius 1 is 1.00 bits per heavy atom. The van der Waals surface area contributed by atoms with Crippen LogP contribution in [-0.4, -0.2) is 31.6 Å². The number of ether oxygens (including phenoxy) is 1. The highest BCUT2D eigenvalue weighted by atomic mass is 16.5. The first-order valence-corrected chi connectivity index (χ1v) is 9.55. The molecular weight excluding hydrogens is 336 g/mol. The van der Waals surface area contributed by atoms with Crippen molar-refractivity contribution in [3.05, 3.63) is 78.4 Å². The Hall–Kier alpha value is -2.85. The molecule has 3 aromatic carbocycles. The third-order valence-electron chi connectivity index (χ3n) is 5.13. The first kappa shape index (κ1) is 17.6. The number of quaternary nitrogens is 1. The van der Waals surface area contributed by atoms with Gasteiger partial charge < -0.3 is 15.0 Å². The van der Waals surface area contributed by atoms with Crippen LogP contribution in [0.4, 0.5) is 0 Å².